The third-order valence-electron chi connectivity index (χ3n) is 5.91. The number of hydrogen-bond donors (Lipinski definition) is 1. The number of aromatic nitrogens is 2. The second-order valence-electron chi connectivity index (χ2n) is 8.05. The lowest BCUT2D eigenvalue weighted by molar-refractivity contribution is 0.331. The number of nitrogens with zero attached hydrogens (tertiary/aromatic N) is 5. The van der Waals surface area contributed by atoms with Crippen molar-refractivity contribution in [2.45, 2.75) is 31.0 Å². The van der Waals surface area contributed by atoms with Gasteiger partial charge in [-0.3, -0.25) is 4.99 Å². The van der Waals surface area contributed by atoms with Crippen molar-refractivity contribution in [3.05, 3.63) is 65.2 Å². The molecule has 5 rings (SSSR count). The average Bonchev–Trinajstić information content (AvgIpc) is 3.35. The predicted octanol–water partition coefficient (Wildman–Crippen LogP) is 3.12. The van der Waals surface area contributed by atoms with Crippen LogP contribution in [0.5, 0.6) is 0 Å². The van der Waals surface area contributed by atoms with Crippen LogP contribution in [0.3, 0.4) is 0 Å². The predicted molar refractivity (Wildman–Crippen MR) is 123 cm³/mol. The summed E-state index contributed by atoms with van der Waals surface area (Å²) in [6.45, 7) is 0.969. The van der Waals surface area contributed by atoms with Gasteiger partial charge in [0.05, 0.1) is 11.9 Å². The number of hydrogen-bond acceptors (Lipinski definition) is 8. The number of anilines is 1. The third-order valence-corrected chi connectivity index (χ3v) is 8.00. The van der Waals surface area contributed by atoms with Gasteiger partial charge in [0.2, 0.25) is 16.0 Å². The molecule has 1 aromatic heterocycles. The highest BCUT2D eigenvalue weighted by molar-refractivity contribution is 8.16. The molecule has 11 heteroatoms. The second kappa shape index (κ2) is 8.45. The van der Waals surface area contributed by atoms with Gasteiger partial charge in [0.25, 0.3) is 0 Å². The number of nitrogens with one attached hydrogen (secondary N) is 1. The van der Waals surface area contributed by atoms with Crippen LogP contribution in [-0.4, -0.2) is 58.1 Å². The minimum atomic E-state index is -3.16. The molecule has 4 heterocycles. The van der Waals surface area contributed by atoms with Crippen molar-refractivity contribution in [1.29, 1.82) is 0 Å². The Bertz CT molecular complexity index is 1160. The number of sulfonamides is 1. The highest BCUT2D eigenvalue weighted by Gasteiger charge is 2.40. The Balaban J connectivity index is 1.36. The van der Waals surface area contributed by atoms with E-state index in [0.717, 1.165) is 16.4 Å². The topological polar surface area (TPSA) is 90.8 Å². The van der Waals surface area contributed by atoms with E-state index in [9.17, 15) is 12.8 Å². The van der Waals surface area contributed by atoms with E-state index in [2.05, 4.69) is 15.2 Å². The maximum atomic E-state index is 13.5. The summed E-state index contributed by atoms with van der Waals surface area (Å²) in [4.78, 5) is 16.1. The van der Waals surface area contributed by atoms with E-state index in [0.29, 0.717) is 31.9 Å². The van der Waals surface area contributed by atoms with Crippen LogP contribution in [0, 0.1) is 5.82 Å². The van der Waals surface area contributed by atoms with Crippen LogP contribution < -0.4 is 5.32 Å². The highest BCUT2D eigenvalue weighted by Crippen LogP contribution is 2.46. The molecule has 1 fully saturated rings. The molecule has 8 nitrogen and oxygen atoms in total. The summed E-state index contributed by atoms with van der Waals surface area (Å²) in [6.07, 6.45) is 6.35. The normalized spacial score (nSPS) is 23.9. The Kier molecular flexibility index (Phi) is 5.64. The molecule has 2 unspecified atom stereocenters. The largest absolute Gasteiger partial charge is 0.351 e. The average molecular weight is 475 g/mol. The molecule has 0 bridgehead atoms. The summed E-state index contributed by atoms with van der Waals surface area (Å²) in [6, 6.07) is 8.07. The van der Waals surface area contributed by atoms with Gasteiger partial charge in [-0.2, -0.15) is 0 Å². The smallest absolute Gasteiger partial charge is 0.223 e. The zero-order valence-corrected chi connectivity index (χ0v) is 19.1. The maximum absolute atomic E-state index is 13.5. The Morgan fingerprint density at radius 2 is 1.91 bits per heavy atom. The summed E-state index contributed by atoms with van der Waals surface area (Å²) >= 11 is 1.56. The van der Waals surface area contributed by atoms with Gasteiger partial charge < -0.3 is 10.2 Å². The number of fused-ring (bicyclic) bond motifs is 1. The Labute approximate surface area is 190 Å². The van der Waals surface area contributed by atoms with Gasteiger partial charge >= 0.3 is 0 Å². The number of amidine groups is 1. The first-order valence-electron chi connectivity index (χ1n) is 10.4. The van der Waals surface area contributed by atoms with Crippen molar-refractivity contribution in [3.63, 3.8) is 0 Å². The van der Waals surface area contributed by atoms with Crippen LogP contribution in [0.1, 0.15) is 36.2 Å². The fourth-order valence-electron chi connectivity index (χ4n) is 4.27. The lowest BCUT2D eigenvalue weighted by Crippen LogP contribution is -2.42. The first kappa shape index (κ1) is 21.4. The van der Waals surface area contributed by atoms with Gasteiger partial charge in [0.1, 0.15) is 17.9 Å². The molecular formula is C21H23FN6O2S2. The Hall–Kier alpha value is -2.50. The Morgan fingerprint density at radius 3 is 2.62 bits per heavy atom. The number of aliphatic imine (C=N–C) groups is 1. The number of benzene rings is 1. The molecule has 1 N–H and O–H groups in total. The summed E-state index contributed by atoms with van der Waals surface area (Å²) < 4.78 is 38.4. The molecule has 1 saturated heterocycles. The zero-order chi connectivity index (χ0) is 22.3. The van der Waals surface area contributed by atoms with Crippen molar-refractivity contribution in [2.75, 3.05) is 24.7 Å². The summed E-state index contributed by atoms with van der Waals surface area (Å²) in [5.74, 6) is 0.239. The summed E-state index contributed by atoms with van der Waals surface area (Å²) in [5.41, 5.74) is 1.74. The standard InChI is InChI=1S/C21H23FN6O2S2/c1-32(29,30)27-10-7-16(8-11-27)24-20-23-9-6-17(25-20)19-18(14-2-4-15(22)5-3-14)26-21-28(19)12-13-31-21/h2-6,9,12-13,16,18-19H,7-8,10-11H2,1H3,(H,23,24,25). The fraction of sp³-hybridized carbons (Fsp3) is 0.381. The quantitative estimate of drug-likeness (QED) is 0.712. The third kappa shape index (κ3) is 4.24. The van der Waals surface area contributed by atoms with E-state index in [1.807, 2.05) is 17.7 Å². The van der Waals surface area contributed by atoms with E-state index in [4.69, 9.17) is 9.98 Å². The van der Waals surface area contributed by atoms with E-state index in [1.165, 1.54) is 22.7 Å². The van der Waals surface area contributed by atoms with Crippen LogP contribution in [-0.2, 0) is 10.0 Å². The SMILES string of the molecule is CS(=O)(=O)N1CCC(Nc2nccc(C3C(c4ccc(F)cc4)N=C4SC=CN43)n2)CC1. The zero-order valence-electron chi connectivity index (χ0n) is 17.4. The van der Waals surface area contributed by atoms with E-state index < -0.39 is 10.0 Å². The minimum Gasteiger partial charge on any atom is -0.351 e. The fourth-order valence-corrected chi connectivity index (χ4v) is 5.93. The van der Waals surface area contributed by atoms with E-state index >= 15 is 0 Å². The first-order chi connectivity index (χ1) is 15.4. The molecule has 3 aliphatic rings. The monoisotopic (exact) mass is 474 g/mol. The molecule has 32 heavy (non-hydrogen) atoms. The van der Waals surface area contributed by atoms with Crippen LogP contribution >= 0.6 is 11.8 Å². The van der Waals surface area contributed by atoms with Crippen LogP contribution in [0.15, 0.2) is 53.1 Å². The van der Waals surface area contributed by atoms with Crippen LogP contribution in [0.25, 0.3) is 0 Å². The molecule has 2 aromatic rings. The minimum absolute atomic E-state index is 0.105. The van der Waals surface area contributed by atoms with E-state index in [-0.39, 0.29) is 23.9 Å². The van der Waals surface area contributed by atoms with Crippen LogP contribution in [0.4, 0.5) is 10.3 Å². The summed E-state index contributed by atoms with van der Waals surface area (Å²) in [5, 5.41) is 6.25. The van der Waals surface area contributed by atoms with Crippen molar-refractivity contribution >= 4 is 32.9 Å². The lowest BCUT2D eigenvalue weighted by atomic mass is 9.97. The number of thioether (sulfide) groups is 1. The molecule has 0 spiro atoms. The second-order valence-corrected chi connectivity index (χ2v) is 10.9. The number of rotatable bonds is 5. The van der Waals surface area contributed by atoms with Gasteiger partial charge in [-0.15, -0.1) is 0 Å². The number of piperidine rings is 1. The van der Waals surface area contributed by atoms with Gasteiger partial charge in [0.15, 0.2) is 5.17 Å². The van der Waals surface area contributed by atoms with Crippen molar-refractivity contribution in [1.82, 2.24) is 19.2 Å². The molecule has 0 radical (unpaired) electrons. The van der Waals surface area contributed by atoms with Crippen LogP contribution in [0.2, 0.25) is 0 Å². The Morgan fingerprint density at radius 1 is 1.16 bits per heavy atom. The molecule has 0 saturated carbocycles. The number of halogens is 1. The molecule has 0 aliphatic carbocycles. The van der Waals surface area contributed by atoms with Gasteiger partial charge in [-0.1, -0.05) is 23.9 Å². The van der Waals surface area contributed by atoms with Crippen molar-refractivity contribution in [2.24, 2.45) is 4.99 Å². The highest BCUT2D eigenvalue weighted by atomic mass is 32.2. The maximum Gasteiger partial charge on any atom is 0.223 e. The van der Waals surface area contributed by atoms with Crippen molar-refractivity contribution < 1.29 is 12.8 Å². The van der Waals surface area contributed by atoms with Gasteiger partial charge in [0, 0.05) is 31.5 Å². The molecule has 168 valence electrons. The molecule has 2 atom stereocenters. The molecule has 0 amide bonds. The van der Waals surface area contributed by atoms with Gasteiger partial charge in [-0.05, 0) is 42.0 Å². The molecular weight excluding hydrogens is 451 g/mol. The van der Waals surface area contributed by atoms with Gasteiger partial charge in [-0.25, -0.2) is 27.1 Å². The molecule has 3 aliphatic heterocycles. The lowest BCUT2D eigenvalue weighted by Gasteiger charge is -2.31. The van der Waals surface area contributed by atoms with E-state index in [1.54, 1.807) is 30.1 Å². The first-order valence-corrected chi connectivity index (χ1v) is 13.1. The summed E-state index contributed by atoms with van der Waals surface area (Å²) in [7, 11) is -3.16. The van der Waals surface area contributed by atoms with Crippen molar-refractivity contribution in [3.8, 4) is 0 Å². The molecule has 1 aromatic carbocycles.